The monoisotopic (exact) mass is 468 g/mol. The Hall–Kier alpha value is -2.69. The molecule has 0 bridgehead atoms. The second-order valence-electron chi connectivity index (χ2n) is 6.09. The van der Waals surface area contributed by atoms with Gasteiger partial charge in [-0.1, -0.05) is 11.6 Å². The number of ether oxygens (including phenoxy) is 2. The van der Waals surface area contributed by atoms with Crippen LogP contribution >= 0.6 is 22.9 Å². The topological polar surface area (TPSA) is 112 Å². The fourth-order valence-corrected chi connectivity index (χ4v) is 4.93. The van der Waals surface area contributed by atoms with Gasteiger partial charge in [0, 0.05) is 17.3 Å². The molecule has 1 N–H and O–H groups in total. The van der Waals surface area contributed by atoms with E-state index in [1.807, 2.05) is 0 Å². The first-order chi connectivity index (χ1) is 14.2. The third kappa shape index (κ3) is 4.25. The van der Waals surface area contributed by atoms with Crippen molar-refractivity contribution in [3.8, 4) is 0 Å². The van der Waals surface area contributed by atoms with Crippen molar-refractivity contribution in [2.75, 3.05) is 18.4 Å². The number of esters is 2. The third-order valence-electron chi connectivity index (χ3n) is 4.16. The molecule has 0 aliphatic heterocycles. The summed E-state index contributed by atoms with van der Waals surface area (Å²) in [6.07, 6.45) is 1.20. The zero-order valence-corrected chi connectivity index (χ0v) is 18.6. The van der Waals surface area contributed by atoms with E-state index in [0.717, 1.165) is 11.3 Å². The summed E-state index contributed by atoms with van der Waals surface area (Å²) < 4.78 is 37.8. The molecule has 0 fully saturated rings. The molecule has 0 amide bonds. The number of nitrogens with zero attached hydrogens (tertiary/aromatic N) is 1. The average molecular weight is 469 g/mol. The number of anilines is 1. The lowest BCUT2D eigenvalue weighted by Gasteiger charge is -2.10. The molecule has 1 aromatic carbocycles. The highest BCUT2D eigenvalue weighted by Gasteiger charge is 2.22. The number of halogens is 1. The Morgan fingerprint density at radius 1 is 1.23 bits per heavy atom. The van der Waals surface area contributed by atoms with Crippen molar-refractivity contribution in [2.45, 2.75) is 18.7 Å². The molecule has 0 radical (unpaired) electrons. The summed E-state index contributed by atoms with van der Waals surface area (Å²) in [5.74, 6) is -1.17. The predicted molar refractivity (Wildman–Crippen MR) is 114 cm³/mol. The molecule has 11 heteroatoms. The molecule has 3 aromatic rings. The Balaban J connectivity index is 1.97. The molecule has 0 saturated carbocycles. The molecule has 158 valence electrons. The number of nitrogens with one attached hydrogen (secondary N) is 1. The van der Waals surface area contributed by atoms with Crippen LogP contribution in [0, 0.1) is 6.92 Å². The van der Waals surface area contributed by atoms with Gasteiger partial charge in [0.05, 0.1) is 24.3 Å². The minimum Gasteiger partial charge on any atom is -0.465 e. The molecular weight excluding hydrogens is 452 g/mol. The molecule has 0 unspecified atom stereocenters. The molecule has 0 aliphatic carbocycles. The van der Waals surface area contributed by atoms with Crippen LogP contribution in [0.25, 0.3) is 10.2 Å². The SMILES string of the molecule is CCOC(=O)c1sc2ncc(S(=O)(=O)Nc3ccc(Cl)c(C(=O)OC)c3)cc2c1C. The summed E-state index contributed by atoms with van der Waals surface area (Å²) in [6, 6.07) is 5.54. The van der Waals surface area contributed by atoms with Gasteiger partial charge in [-0.2, -0.15) is 0 Å². The standard InChI is InChI=1S/C19H17ClN2O6S2/c1-4-28-19(24)16-10(2)13-8-12(9-21-17(13)29-16)30(25,26)22-11-5-6-15(20)14(7-11)18(23)27-3/h5-9,22H,4H2,1-3H3. The van der Waals surface area contributed by atoms with E-state index in [0.29, 0.717) is 20.7 Å². The first-order valence-electron chi connectivity index (χ1n) is 8.65. The van der Waals surface area contributed by atoms with Crippen LogP contribution in [0.4, 0.5) is 5.69 Å². The summed E-state index contributed by atoms with van der Waals surface area (Å²) in [4.78, 5) is 28.8. The Morgan fingerprint density at radius 3 is 2.63 bits per heavy atom. The lowest BCUT2D eigenvalue weighted by atomic mass is 10.2. The number of pyridine rings is 1. The van der Waals surface area contributed by atoms with Crippen LogP contribution < -0.4 is 4.72 Å². The van der Waals surface area contributed by atoms with Gasteiger partial charge in [0.1, 0.15) is 14.6 Å². The lowest BCUT2D eigenvalue weighted by Crippen LogP contribution is -2.14. The molecule has 0 atom stereocenters. The van der Waals surface area contributed by atoms with Crippen molar-refractivity contribution in [3.05, 3.63) is 51.5 Å². The molecule has 8 nitrogen and oxygen atoms in total. The molecule has 0 saturated heterocycles. The van der Waals surface area contributed by atoms with Crippen LogP contribution in [-0.4, -0.2) is 39.1 Å². The second-order valence-corrected chi connectivity index (χ2v) is 9.18. The van der Waals surface area contributed by atoms with Crippen molar-refractivity contribution in [1.29, 1.82) is 0 Å². The Kier molecular flexibility index (Phi) is 6.30. The van der Waals surface area contributed by atoms with Gasteiger partial charge in [-0.25, -0.2) is 23.0 Å². The van der Waals surface area contributed by atoms with Gasteiger partial charge < -0.3 is 9.47 Å². The van der Waals surface area contributed by atoms with Crippen LogP contribution in [0.1, 0.15) is 32.5 Å². The molecule has 30 heavy (non-hydrogen) atoms. The maximum atomic E-state index is 12.8. The number of benzene rings is 1. The molecule has 2 heterocycles. The Bertz CT molecular complexity index is 1250. The van der Waals surface area contributed by atoms with Gasteiger partial charge in [-0.15, -0.1) is 11.3 Å². The fourth-order valence-electron chi connectivity index (χ4n) is 2.69. The van der Waals surface area contributed by atoms with E-state index in [2.05, 4.69) is 14.4 Å². The van der Waals surface area contributed by atoms with Crippen molar-refractivity contribution in [3.63, 3.8) is 0 Å². The van der Waals surface area contributed by atoms with Gasteiger partial charge in [0.2, 0.25) is 0 Å². The van der Waals surface area contributed by atoms with Gasteiger partial charge in [0.25, 0.3) is 10.0 Å². The first-order valence-corrected chi connectivity index (χ1v) is 11.3. The van der Waals surface area contributed by atoms with Crippen LogP contribution in [0.2, 0.25) is 5.02 Å². The number of aromatic nitrogens is 1. The quantitative estimate of drug-likeness (QED) is 0.543. The molecule has 0 aliphatic rings. The number of thiophene rings is 1. The number of hydrogen-bond donors (Lipinski definition) is 1. The zero-order valence-electron chi connectivity index (χ0n) is 16.2. The average Bonchev–Trinajstić information content (AvgIpc) is 3.05. The van der Waals surface area contributed by atoms with Crippen LogP contribution in [0.5, 0.6) is 0 Å². The number of hydrogen-bond acceptors (Lipinski definition) is 8. The van der Waals surface area contributed by atoms with Crippen molar-refractivity contribution in [2.24, 2.45) is 0 Å². The molecule has 2 aromatic heterocycles. The predicted octanol–water partition coefficient (Wildman–Crippen LogP) is 4.02. The highest BCUT2D eigenvalue weighted by atomic mass is 35.5. The van der Waals surface area contributed by atoms with Crippen LogP contribution in [-0.2, 0) is 19.5 Å². The van der Waals surface area contributed by atoms with E-state index in [1.54, 1.807) is 13.8 Å². The van der Waals surface area contributed by atoms with E-state index in [9.17, 15) is 18.0 Å². The number of sulfonamides is 1. The Labute approximate surface area is 181 Å². The smallest absolute Gasteiger partial charge is 0.348 e. The van der Waals surface area contributed by atoms with Crippen molar-refractivity contribution in [1.82, 2.24) is 4.98 Å². The maximum absolute atomic E-state index is 12.8. The zero-order chi connectivity index (χ0) is 22.1. The van der Waals surface area contributed by atoms with Crippen LogP contribution in [0.3, 0.4) is 0 Å². The minimum atomic E-state index is -4.02. The van der Waals surface area contributed by atoms with E-state index in [1.165, 1.54) is 37.6 Å². The number of carbonyl (C=O) groups is 2. The molecule has 0 spiro atoms. The third-order valence-corrected chi connectivity index (χ3v) is 7.04. The van der Waals surface area contributed by atoms with Crippen LogP contribution in [0.15, 0.2) is 35.4 Å². The first kappa shape index (κ1) is 22.0. The number of aryl methyl sites for hydroxylation is 1. The number of methoxy groups -OCH3 is 1. The summed E-state index contributed by atoms with van der Waals surface area (Å²) in [5.41, 5.74) is 0.757. The van der Waals surface area contributed by atoms with E-state index >= 15 is 0 Å². The largest absolute Gasteiger partial charge is 0.465 e. The number of rotatable bonds is 6. The highest BCUT2D eigenvalue weighted by Crippen LogP contribution is 2.32. The van der Waals surface area contributed by atoms with E-state index in [-0.39, 0.29) is 27.8 Å². The minimum absolute atomic E-state index is 0.0284. The summed E-state index contributed by atoms with van der Waals surface area (Å²) >= 11 is 7.10. The van der Waals surface area contributed by atoms with Gasteiger partial charge in [-0.3, -0.25) is 4.72 Å². The maximum Gasteiger partial charge on any atom is 0.348 e. The molecule has 3 rings (SSSR count). The van der Waals surface area contributed by atoms with E-state index < -0.39 is 22.0 Å². The van der Waals surface area contributed by atoms with Crippen molar-refractivity contribution < 1.29 is 27.5 Å². The summed E-state index contributed by atoms with van der Waals surface area (Å²) in [5, 5.41) is 0.672. The number of fused-ring (bicyclic) bond motifs is 1. The summed E-state index contributed by atoms with van der Waals surface area (Å²) in [7, 11) is -2.83. The molecular formula is C19H17ClN2O6S2. The van der Waals surface area contributed by atoms with Gasteiger partial charge >= 0.3 is 11.9 Å². The summed E-state index contributed by atoms with van der Waals surface area (Å²) in [6.45, 7) is 3.65. The van der Waals surface area contributed by atoms with E-state index in [4.69, 9.17) is 16.3 Å². The van der Waals surface area contributed by atoms with Gasteiger partial charge in [0.15, 0.2) is 0 Å². The lowest BCUT2D eigenvalue weighted by molar-refractivity contribution is 0.0530. The fraction of sp³-hybridized carbons (Fsp3) is 0.211. The van der Waals surface area contributed by atoms with Crippen molar-refractivity contribution >= 4 is 60.8 Å². The Morgan fingerprint density at radius 2 is 1.97 bits per heavy atom. The van der Waals surface area contributed by atoms with Gasteiger partial charge in [-0.05, 0) is 43.7 Å². The highest BCUT2D eigenvalue weighted by molar-refractivity contribution is 7.92. The normalized spacial score (nSPS) is 11.3. The number of carbonyl (C=O) groups excluding carboxylic acids is 2. The second kappa shape index (κ2) is 8.58.